The normalized spacial score (nSPS) is 13.1. The Labute approximate surface area is 124 Å². The van der Waals surface area contributed by atoms with Gasteiger partial charge in [0.25, 0.3) is 0 Å². The number of hydrogen-bond donors (Lipinski definition) is 2. The molecule has 6 heteroatoms. The molecular weight excluding hydrogens is 276 g/mol. The van der Waals surface area contributed by atoms with Crippen LogP contribution in [0.1, 0.15) is 47.0 Å². The van der Waals surface area contributed by atoms with Gasteiger partial charge < -0.3 is 10.1 Å². The summed E-state index contributed by atoms with van der Waals surface area (Å²) in [6, 6.07) is 0.450. The maximum atomic E-state index is 11.9. The molecule has 0 heterocycles. The van der Waals surface area contributed by atoms with Crippen LogP contribution in [0, 0.1) is 5.41 Å². The summed E-state index contributed by atoms with van der Waals surface area (Å²) in [7, 11) is -1.50. The summed E-state index contributed by atoms with van der Waals surface area (Å²) in [5.41, 5.74) is -0.0811. The van der Waals surface area contributed by atoms with Crippen LogP contribution in [0.5, 0.6) is 0 Å². The number of rotatable bonds is 12. The second-order valence-electron chi connectivity index (χ2n) is 6.36. The van der Waals surface area contributed by atoms with E-state index in [1.807, 2.05) is 13.8 Å². The fourth-order valence-electron chi connectivity index (χ4n) is 1.65. The average molecular weight is 308 g/mol. The molecule has 0 unspecified atom stereocenters. The first kappa shape index (κ1) is 19.8. The summed E-state index contributed by atoms with van der Waals surface area (Å²) >= 11 is 0. The molecule has 0 aromatic rings. The highest BCUT2D eigenvalue weighted by Crippen LogP contribution is 2.19. The van der Waals surface area contributed by atoms with Gasteiger partial charge in [0, 0.05) is 26.3 Å². The zero-order valence-corrected chi connectivity index (χ0v) is 14.5. The molecule has 0 aromatic carbocycles. The van der Waals surface area contributed by atoms with Gasteiger partial charge >= 0.3 is 0 Å². The predicted molar refractivity (Wildman–Crippen MR) is 84.4 cm³/mol. The first-order chi connectivity index (χ1) is 9.18. The van der Waals surface area contributed by atoms with Crippen molar-refractivity contribution in [2.24, 2.45) is 5.41 Å². The molecule has 0 aliphatic rings. The van der Waals surface area contributed by atoms with Crippen molar-refractivity contribution >= 4 is 10.0 Å². The molecule has 0 aliphatic carbocycles. The van der Waals surface area contributed by atoms with Crippen LogP contribution in [-0.2, 0) is 14.8 Å². The Morgan fingerprint density at radius 2 is 1.85 bits per heavy atom. The molecule has 0 aromatic heterocycles. The van der Waals surface area contributed by atoms with E-state index in [4.69, 9.17) is 4.74 Å². The lowest BCUT2D eigenvalue weighted by atomic mass is 9.90. The van der Waals surface area contributed by atoms with Crippen molar-refractivity contribution in [3.05, 3.63) is 0 Å². The van der Waals surface area contributed by atoms with Gasteiger partial charge in [-0.1, -0.05) is 27.7 Å². The molecule has 0 fully saturated rings. The van der Waals surface area contributed by atoms with Gasteiger partial charge in [-0.05, 0) is 31.2 Å². The number of methoxy groups -OCH3 is 1. The summed E-state index contributed by atoms with van der Waals surface area (Å²) in [6.07, 6.45) is 2.41. The lowest BCUT2D eigenvalue weighted by Crippen LogP contribution is -2.36. The number of unbranched alkanes of at least 4 members (excludes halogenated alkanes) is 1. The topological polar surface area (TPSA) is 67.4 Å². The summed E-state index contributed by atoms with van der Waals surface area (Å²) < 4.78 is 31.5. The Morgan fingerprint density at radius 3 is 2.40 bits per heavy atom. The van der Waals surface area contributed by atoms with Crippen molar-refractivity contribution in [1.29, 1.82) is 0 Å². The maximum Gasteiger partial charge on any atom is 0.211 e. The highest BCUT2D eigenvalue weighted by molar-refractivity contribution is 7.89. The van der Waals surface area contributed by atoms with Crippen LogP contribution in [0.3, 0.4) is 0 Å². The third-order valence-corrected chi connectivity index (χ3v) is 4.56. The lowest BCUT2D eigenvalue weighted by Gasteiger charge is -2.24. The summed E-state index contributed by atoms with van der Waals surface area (Å²) in [5.74, 6) is 0.202. The lowest BCUT2D eigenvalue weighted by molar-refractivity contribution is 0.153. The number of ether oxygens (including phenoxy) is 1. The van der Waals surface area contributed by atoms with Gasteiger partial charge in [-0.15, -0.1) is 0 Å². The minimum absolute atomic E-state index is 0.0811. The molecule has 0 saturated carbocycles. The first-order valence-corrected chi connectivity index (χ1v) is 9.03. The quantitative estimate of drug-likeness (QED) is 0.539. The second-order valence-corrected chi connectivity index (χ2v) is 8.29. The monoisotopic (exact) mass is 308 g/mol. The molecule has 0 rings (SSSR count). The van der Waals surface area contributed by atoms with Crippen LogP contribution in [0.4, 0.5) is 0 Å². The molecule has 0 bridgehead atoms. The van der Waals surface area contributed by atoms with E-state index in [0.29, 0.717) is 25.6 Å². The van der Waals surface area contributed by atoms with Crippen molar-refractivity contribution in [1.82, 2.24) is 10.0 Å². The number of hydrogen-bond acceptors (Lipinski definition) is 4. The van der Waals surface area contributed by atoms with Gasteiger partial charge in [0.15, 0.2) is 0 Å². The molecule has 2 N–H and O–H groups in total. The molecule has 5 nitrogen and oxygen atoms in total. The summed E-state index contributed by atoms with van der Waals surface area (Å²) in [4.78, 5) is 0. The standard InChI is InChI=1S/C14H32N2O3S/c1-13(2)15-9-6-7-11-20(17,18)16-12-14(3,4)8-10-19-5/h13,15-16H,6-12H2,1-5H3. The zero-order chi connectivity index (χ0) is 15.6. The zero-order valence-electron chi connectivity index (χ0n) is 13.7. The van der Waals surface area contributed by atoms with Crippen LogP contribution >= 0.6 is 0 Å². The van der Waals surface area contributed by atoms with Crippen molar-refractivity contribution in [2.75, 3.05) is 32.6 Å². The molecule has 0 atom stereocenters. The molecule has 0 aliphatic heterocycles. The Bertz CT molecular complexity index is 340. The van der Waals surface area contributed by atoms with E-state index in [2.05, 4.69) is 23.9 Å². The number of sulfonamides is 1. The van der Waals surface area contributed by atoms with Gasteiger partial charge in [-0.3, -0.25) is 0 Å². The van der Waals surface area contributed by atoms with Gasteiger partial charge in [0.2, 0.25) is 10.0 Å². The molecule has 0 saturated heterocycles. The van der Waals surface area contributed by atoms with Crippen LogP contribution in [0.25, 0.3) is 0 Å². The first-order valence-electron chi connectivity index (χ1n) is 7.38. The van der Waals surface area contributed by atoms with Gasteiger partial charge in [0.05, 0.1) is 5.75 Å². The van der Waals surface area contributed by atoms with Crippen LogP contribution in [0.15, 0.2) is 0 Å². The fourth-order valence-corrected chi connectivity index (χ4v) is 2.99. The summed E-state index contributed by atoms with van der Waals surface area (Å²) in [6.45, 7) is 10.2. The molecule has 0 radical (unpaired) electrons. The Hall–Kier alpha value is -0.170. The minimum atomic E-state index is -3.16. The van der Waals surface area contributed by atoms with E-state index in [1.165, 1.54) is 0 Å². The SMILES string of the molecule is COCCC(C)(C)CNS(=O)(=O)CCCCNC(C)C. The molecular formula is C14H32N2O3S. The highest BCUT2D eigenvalue weighted by atomic mass is 32.2. The minimum Gasteiger partial charge on any atom is -0.385 e. The maximum absolute atomic E-state index is 11.9. The average Bonchev–Trinajstić information content (AvgIpc) is 2.34. The largest absolute Gasteiger partial charge is 0.385 e. The van der Waals surface area contributed by atoms with E-state index in [0.717, 1.165) is 19.4 Å². The van der Waals surface area contributed by atoms with E-state index < -0.39 is 10.0 Å². The molecule has 122 valence electrons. The van der Waals surface area contributed by atoms with Gasteiger partial charge in [0.1, 0.15) is 0 Å². The van der Waals surface area contributed by atoms with E-state index in [1.54, 1.807) is 7.11 Å². The third kappa shape index (κ3) is 11.6. The van der Waals surface area contributed by atoms with E-state index >= 15 is 0 Å². The third-order valence-electron chi connectivity index (χ3n) is 3.15. The van der Waals surface area contributed by atoms with Gasteiger partial charge in [-0.25, -0.2) is 13.1 Å². The van der Waals surface area contributed by atoms with Crippen molar-refractivity contribution < 1.29 is 13.2 Å². The van der Waals surface area contributed by atoms with Crippen molar-refractivity contribution in [2.45, 2.75) is 53.0 Å². The Balaban J connectivity index is 3.89. The van der Waals surface area contributed by atoms with Gasteiger partial charge in [-0.2, -0.15) is 0 Å². The smallest absolute Gasteiger partial charge is 0.211 e. The predicted octanol–water partition coefficient (Wildman–Crippen LogP) is 1.75. The molecule has 20 heavy (non-hydrogen) atoms. The van der Waals surface area contributed by atoms with Crippen LogP contribution < -0.4 is 10.0 Å². The van der Waals surface area contributed by atoms with E-state index in [-0.39, 0.29) is 11.2 Å². The molecule has 0 spiro atoms. The Kier molecular flexibility index (Phi) is 9.63. The van der Waals surface area contributed by atoms with Crippen LogP contribution in [0.2, 0.25) is 0 Å². The summed E-state index contributed by atoms with van der Waals surface area (Å²) in [5, 5.41) is 3.28. The number of nitrogens with one attached hydrogen (secondary N) is 2. The van der Waals surface area contributed by atoms with E-state index in [9.17, 15) is 8.42 Å². The highest BCUT2D eigenvalue weighted by Gasteiger charge is 2.20. The second kappa shape index (κ2) is 9.71. The molecule has 0 amide bonds. The van der Waals surface area contributed by atoms with Crippen molar-refractivity contribution in [3.63, 3.8) is 0 Å². The van der Waals surface area contributed by atoms with Crippen molar-refractivity contribution in [3.8, 4) is 0 Å². The fraction of sp³-hybridized carbons (Fsp3) is 1.00. The van der Waals surface area contributed by atoms with Crippen LogP contribution in [-0.4, -0.2) is 47.0 Å². The Morgan fingerprint density at radius 1 is 1.20 bits per heavy atom.